The smallest absolute Gasteiger partial charge is 0.115 e. The van der Waals surface area contributed by atoms with Crippen LogP contribution in [0.25, 0.3) is 0 Å². The molecule has 2 rings (SSSR count). The zero-order valence-corrected chi connectivity index (χ0v) is 9.52. The molecule has 1 aromatic carbocycles. The third-order valence-electron chi connectivity index (χ3n) is 3.32. The molecular formula is C13H18O3. The van der Waals surface area contributed by atoms with E-state index in [1.807, 2.05) is 19.1 Å². The van der Waals surface area contributed by atoms with Gasteiger partial charge in [-0.25, -0.2) is 0 Å². The number of aliphatic hydroxyl groups is 1. The summed E-state index contributed by atoms with van der Waals surface area (Å²) in [6.45, 7) is 2.70. The van der Waals surface area contributed by atoms with Crippen molar-refractivity contribution < 1.29 is 14.9 Å². The molecule has 1 aliphatic heterocycles. The van der Waals surface area contributed by atoms with Gasteiger partial charge in [0.25, 0.3) is 0 Å². The first-order chi connectivity index (χ1) is 7.60. The highest BCUT2D eigenvalue weighted by atomic mass is 16.5. The molecule has 1 heterocycles. The Morgan fingerprint density at radius 3 is 2.62 bits per heavy atom. The summed E-state index contributed by atoms with van der Waals surface area (Å²) in [7, 11) is 0. The molecule has 1 aliphatic rings. The fraction of sp³-hybridized carbons (Fsp3) is 0.538. The minimum absolute atomic E-state index is 0.251. The molecule has 1 aromatic rings. The van der Waals surface area contributed by atoms with E-state index in [4.69, 9.17) is 9.84 Å². The fourth-order valence-electron chi connectivity index (χ4n) is 2.13. The van der Waals surface area contributed by atoms with E-state index in [1.165, 1.54) is 0 Å². The molecule has 16 heavy (non-hydrogen) atoms. The third kappa shape index (κ3) is 2.36. The third-order valence-corrected chi connectivity index (χ3v) is 3.32. The fourth-order valence-corrected chi connectivity index (χ4v) is 2.13. The van der Waals surface area contributed by atoms with E-state index in [9.17, 15) is 5.11 Å². The summed E-state index contributed by atoms with van der Waals surface area (Å²) >= 11 is 0. The van der Waals surface area contributed by atoms with Crippen LogP contribution >= 0.6 is 0 Å². The van der Waals surface area contributed by atoms with Crippen LogP contribution in [0.1, 0.15) is 25.3 Å². The average Bonchev–Trinajstić information content (AvgIpc) is 2.70. The number of benzene rings is 1. The molecule has 0 aromatic heterocycles. The van der Waals surface area contributed by atoms with Gasteiger partial charge in [0.15, 0.2) is 0 Å². The monoisotopic (exact) mass is 222 g/mol. The van der Waals surface area contributed by atoms with Crippen LogP contribution in [0.3, 0.4) is 0 Å². The van der Waals surface area contributed by atoms with Gasteiger partial charge < -0.3 is 14.9 Å². The number of ether oxygens (including phenoxy) is 1. The van der Waals surface area contributed by atoms with Crippen molar-refractivity contribution in [2.75, 3.05) is 6.61 Å². The maximum atomic E-state index is 10.1. The number of phenolic OH excluding ortho intramolecular Hbond substituents is 1. The SMILES string of the molecule is CC1(C(O)Cc2ccc(O)cc2)CCCO1. The van der Waals surface area contributed by atoms with Gasteiger partial charge in [0, 0.05) is 13.0 Å². The quantitative estimate of drug-likeness (QED) is 0.820. The summed E-state index contributed by atoms with van der Waals surface area (Å²) in [5.74, 6) is 0.251. The summed E-state index contributed by atoms with van der Waals surface area (Å²) in [5.41, 5.74) is 0.611. The predicted molar refractivity (Wildman–Crippen MR) is 61.4 cm³/mol. The number of aliphatic hydroxyl groups excluding tert-OH is 1. The summed E-state index contributed by atoms with van der Waals surface area (Å²) < 4.78 is 5.60. The maximum Gasteiger partial charge on any atom is 0.115 e. The maximum absolute atomic E-state index is 10.1. The average molecular weight is 222 g/mol. The van der Waals surface area contributed by atoms with Crippen molar-refractivity contribution in [2.24, 2.45) is 0 Å². The molecule has 1 saturated heterocycles. The van der Waals surface area contributed by atoms with E-state index in [0.717, 1.165) is 25.0 Å². The van der Waals surface area contributed by atoms with Crippen molar-refractivity contribution in [2.45, 2.75) is 37.9 Å². The second-order valence-electron chi connectivity index (χ2n) is 4.65. The Morgan fingerprint density at radius 1 is 1.38 bits per heavy atom. The van der Waals surface area contributed by atoms with Crippen molar-refractivity contribution in [3.05, 3.63) is 29.8 Å². The molecule has 0 aliphatic carbocycles. The Balaban J connectivity index is 2.01. The topological polar surface area (TPSA) is 49.7 Å². The molecule has 2 atom stereocenters. The zero-order chi connectivity index (χ0) is 11.6. The van der Waals surface area contributed by atoms with Gasteiger partial charge in [-0.1, -0.05) is 12.1 Å². The summed E-state index contributed by atoms with van der Waals surface area (Å²) in [6.07, 6.45) is 2.01. The largest absolute Gasteiger partial charge is 0.508 e. The van der Waals surface area contributed by atoms with Crippen LogP contribution in [-0.4, -0.2) is 28.5 Å². The molecule has 88 valence electrons. The van der Waals surface area contributed by atoms with Crippen molar-refractivity contribution in [3.63, 3.8) is 0 Å². The van der Waals surface area contributed by atoms with Gasteiger partial charge in [-0.05, 0) is 37.5 Å². The van der Waals surface area contributed by atoms with Gasteiger partial charge >= 0.3 is 0 Å². The molecule has 2 unspecified atom stereocenters. The van der Waals surface area contributed by atoms with Crippen LogP contribution in [0, 0.1) is 0 Å². The lowest BCUT2D eigenvalue weighted by atomic mass is 9.91. The molecule has 0 amide bonds. The lowest BCUT2D eigenvalue weighted by molar-refractivity contribution is -0.0768. The second-order valence-corrected chi connectivity index (χ2v) is 4.65. The van der Waals surface area contributed by atoms with Crippen LogP contribution in [0.15, 0.2) is 24.3 Å². The van der Waals surface area contributed by atoms with Gasteiger partial charge in [0.1, 0.15) is 5.75 Å². The van der Waals surface area contributed by atoms with Gasteiger partial charge in [0.2, 0.25) is 0 Å². The first-order valence-electron chi connectivity index (χ1n) is 5.70. The Bertz CT molecular complexity index is 339. The van der Waals surface area contributed by atoms with E-state index < -0.39 is 11.7 Å². The summed E-state index contributed by atoms with van der Waals surface area (Å²) in [5, 5.41) is 19.3. The minimum Gasteiger partial charge on any atom is -0.508 e. The zero-order valence-electron chi connectivity index (χ0n) is 9.52. The molecule has 2 N–H and O–H groups in total. The van der Waals surface area contributed by atoms with Gasteiger partial charge in [-0.3, -0.25) is 0 Å². The van der Waals surface area contributed by atoms with E-state index >= 15 is 0 Å². The number of hydrogen-bond donors (Lipinski definition) is 2. The van der Waals surface area contributed by atoms with Crippen molar-refractivity contribution in [3.8, 4) is 5.75 Å². The van der Waals surface area contributed by atoms with E-state index in [1.54, 1.807) is 12.1 Å². The normalized spacial score (nSPS) is 26.9. The van der Waals surface area contributed by atoms with Gasteiger partial charge in [-0.2, -0.15) is 0 Å². The molecule has 0 saturated carbocycles. The molecule has 3 heteroatoms. The molecule has 0 bridgehead atoms. The highest BCUT2D eigenvalue weighted by Crippen LogP contribution is 2.30. The van der Waals surface area contributed by atoms with Crippen LogP contribution in [-0.2, 0) is 11.2 Å². The van der Waals surface area contributed by atoms with E-state index in [-0.39, 0.29) is 5.75 Å². The van der Waals surface area contributed by atoms with Gasteiger partial charge in [-0.15, -0.1) is 0 Å². The Labute approximate surface area is 95.7 Å². The highest BCUT2D eigenvalue weighted by Gasteiger charge is 2.37. The van der Waals surface area contributed by atoms with Crippen LogP contribution < -0.4 is 0 Å². The van der Waals surface area contributed by atoms with E-state index in [2.05, 4.69) is 0 Å². The number of rotatable bonds is 3. The van der Waals surface area contributed by atoms with Crippen LogP contribution in [0.5, 0.6) is 5.75 Å². The van der Waals surface area contributed by atoms with E-state index in [0.29, 0.717) is 6.42 Å². The van der Waals surface area contributed by atoms with Gasteiger partial charge in [0.05, 0.1) is 11.7 Å². The lowest BCUT2D eigenvalue weighted by Crippen LogP contribution is -2.39. The molecule has 3 nitrogen and oxygen atoms in total. The summed E-state index contributed by atoms with van der Waals surface area (Å²) in [6, 6.07) is 6.94. The van der Waals surface area contributed by atoms with Crippen molar-refractivity contribution in [1.29, 1.82) is 0 Å². The summed E-state index contributed by atoms with van der Waals surface area (Å²) in [4.78, 5) is 0. The number of phenols is 1. The first-order valence-corrected chi connectivity index (χ1v) is 5.70. The van der Waals surface area contributed by atoms with Crippen molar-refractivity contribution in [1.82, 2.24) is 0 Å². The van der Waals surface area contributed by atoms with Crippen LogP contribution in [0.4, 0.5) is 0 Å². The first kappa shape index (κ1) is 11.4. The van der Waals surface area contributed by atoms with Crippen molar-refractivity contribution >= 4 is 0 Å². The molecule has 0 spiro atoms. The number of hydrogen-bond acceptors (Lipinski definition) is 3. The molecular weight excluding hydrogens is 204 g/mol. The Hall–Kier alpha value is -1.06. The minimum atomic E-state index is -0.487. The second kappa shape index (κ2) is 4.44. The Kier molecular flexibility index (Phi) is 3.17. The Morgan fingerprint density at radius 2 is 2.06 bits per heavy atom. The lowest BCUT2D eigenvalue weighted by Gasteiger charge is -2.29. The predicted octanol–water partition coefficient (Wildman–Crippen LogP) is 1.86. The highest BCUT2D eigenvalue weighted by molar-refractivity contribution is 5.26. The van der Waals surface area contributed by atoms with Crippen LogP contribution in [0.2, 0.25) is 0 Å². The number of aromatic hydroxyl groups is 1. The molecule has 1 fully saturated rings. The standard InChI is InChI=1S/C13H18O3/c1-13(7-2-8-16-13)12(15)9-10-3-5-11(14)6-4-10/h3-6,12,14-15H,2,7-9H2,1H3. The molecule has 0 radical (unpaired) electrons.